The first-order valence-electron chi connectivity index (χ1n) is 4.74. The number of rotatable bonds is 3. The van der Waals surface area contributed by atoms with Gasteiger partial charge in [-0.2, -0.15) is 0 Å². The summed E-state index contributed by atoms with van der Waals surface area (Å²) in [6.45, 7) is 6.54. The molecule has 1 aromatic rings. The summed E-state index contributed by atoms with van der Waals surface area (Å²) in [6.07, 6.45) is 0. The molecule has 1 rings (SSSR count). The van der Waals surface area contributed by atoms with E-state index in [2.05, 4.69) is 35.9 Å². The van der Waals surface area contributed by atoms with Crippen LogP contribution in [-0.2, 0) is 0 Å². The first kappa shape index (κ1) is 11.2. The molecule has 4 heteroatoms. The summed E-state index contributed by atoms with van der Waals surface area (Å²) in [5.74, 6) is 1.44. The van der Waals surface area contributed by atoms with Gasteiger partial charge in [0.2, 0.25) is 0 Å². The van der Waals surface area contributed by atoms with Crippen LogP contribution < -0.4 is 4.90 Å². The third-order valence-corrected chi connectivity index (χ3v) is 2.76. The first-order chi connectivity index (χ1) is 6.52. The molecule has 0 aliphatic carbocycles. The van der Waals surface area contributed by atoms with Gasteiger partial charge in [0.1, 0.15) is 0 Å². The zero-order valence-electron chi connectivity index (χ0n) is 9.03. The van der Waals surface area contributed by atoms with Crippen LogP contribution in [0.3, 0.4) is 0 Å². The van der Waals surface area contributed by atoms with Crippen LogP contribution in [0.2, 0.25) is 5.15 Å². The van der Waals surface area contributed by atoms with Gasteiger partial charge in [0.05, 0.1) is 0 Å². The zero-order valence-corrected chi connectivity index (χ0v) is 9.78. The Morgan fingerprint density at radius 3 is 2.29 bits per heavy atom. The van der Waals surface area contributed by atoms with Crippen molar-refractivity contribution in [3.8, 4) is 0 Å². The second kappa shape index (κ2) is 4.60. The molecule has 1 atom stereocenters. The molecule has 0 aliphatic heterocycles. The minimum atomic E-state index is 0.430. The van der Waals surface area contributed by atoms with E-state index in [9.17, 15) is 0 Å². The van der Waals surface area contributed by atoms with Crippen LogP contribution in [0.5, 0.6) is 0 Å². The Morgan fingerprint density at radius 1 is 1.21 bits per heavy atom. The highest BCUT2D eigenvalue weighted by atomic mass is 35.5. The minimum Gasteiger partial charge on any atom is -0.355 e. The highest BCUT2D eigenvalue weighted by Gasteiger charge is 2.14. The van der Waals surface area contributed by atoms with E-state index in [0.29, 0.717) is 17.1 Å². The standard InChI is InChI=1S/C10H16ClN3/c1-7(2)8(3)14(4)10-6-5-9(11)12-13-10/h5-8H,1-4H3. The van der Waals surface area contributed by atoms with E-state index >= 15 is 0 Å². The third kappa shape index (κ3) is 2.58. The molecule has 0 radical (unpaired) electrons. The van der Waals surface area contributed by atoms with E-state index in [1.54, 1.807) is 6.07 Å². The molecule has 1 aromatic heterocycles. The second-order valence-electron chi connectivity index (χ2n) is 3.81. The molecule has 0 amide bonds. The summed E-state index contributed by atoms with van der Waals surface area (Å²) in [6, 6.07) is 4.08. The SMILES string of the molecule is CC(C)C(C)N(C)c1ccc(Cl)nn1. The molecule has 0 aliphatic rings. The fraction of sp³-hybridized carbons (Fsp3) is 0.600. The van der Waals surface area contributed by atoms with Crippen molar-refractivity contribution in [3.05, 3.63) is 17.3 Å². The van der Waals surface area contributed by atoms with E-state index < -0.39 is 0 Å². The van der Waals surface area contributed by atoms with Gasteiger partial charge in [-0.25, -0.2) is 0 Å². The molecule has 0 saturated carbocycles. The number of hydrogen-bond acceptors (Lipinski definition) is 3. The number of halogens is 1. The van der Waals surface area contributed by atoms with Crippen LogP contribution in [0.25, 0.3) is 0 Å². The molecule has 0 fully saturated rings. The van der Waals surface area contributed by atoms with Crippen molar-refractivity contribution in [2.24, 2.45) is 5.92 Å². The molecule has 0 aromatic carbocycles. The third-order valence-electron chi connectivity index (χ3n) is 2.56. The van der Waals surface area contributed by atoms with Crippen LogP contribution in [0, 0.1) is 5.92 Å². The van der Waals surface area contributed by atoms with Crippen LogP contribution in [0.1, 0.15) is 20.8 Å². The zero-order chi connectivity index (χ0) is 10.7. The van der Waals surface area contributed by atoms with Crippen LogP contribution in [-0.4, -0.2) is 23.3 Å². The van der Waals surface area contributed by atoms with Crippen molar-refractivity contribution in [1.82, 2.24) is 10.2 Å². The Morgan fingerprint density at radius 2 is 1.86 bits per heavy atom. The maximum atomic E-state index is 5.67. The quantitative estimate of drug-likeness (QED) is 0.773. The number of aromatic nitrogens is 2. The van der Waals surface area contributed by atoms with Crippen LogP contribution in [0.15, 0.2) is 12.1 Å². The van der Waals surface area contributed by atoms with Gasteiger partial charge < -0.3 is 4.90 Å². The van der Waals surface area contributed by atoms with E-state index in [0.717, 1.165) is 5.82 Å². The monoisotopic (exact) mass is 213 g/mol. The van der Waals surface area contributed by atoms with Crippen LogP contribution >= 0.6 is 11.6 Å². The largest absolute Gasteiger partial charge is 0.355 e. The highest BCUT2D eigenvalue weighted by molar-refractivity contribution is 6.29. The summed E-state index contributed by atoms with van der Waals surface area (Å²) in [4.78, 5) is 2.11. The lowest BCUT2D eigenvalue weighted by Gasteiger charge is -2.28. The lowest BCUT2D eigenvalue weighted by Crippen LogP contribution is -2.33. The molecule has 78 valence electrons. The Balaban J connectivity index is 2.78. The summed E-state index contributed by atoms with van der Waals surface area (Å²) in [7, 11) is 2.02. The lowest BCUT2D eigenvalue weighted by molar-refractivity contribution is 0.501. The van der Waals surface area contributed by atoms with Gasteiger partial charge in [-0.05, 0) is 25.0 Å². The fourth-order valence-electron chi connectivity index (χ4n) is 1.15. The summed E-state index contributed by atoms with van der Waals surface area (Å²) < 4.78 is 0. The molecule has 0 saturated heterocycles. The summed E-state index contributed by atoms with van der Waals surface area (Å²) >= 11 is 5.67. The minimum absolute atomic E-state index is 0.430. The van der Waals surface area contributed by atoms with Gasteiger partial charge in [-0.15, -0.1) is 10.2 Å². The maximum Gasteiger partial charge on any atom is 0.151 e. The van der Waals surface area contributed by atoms with Crippen molar-refractivity contribution in [1.29, 1.82) is 0 Å². The summed E-state index contributed by atoms with van der Waals surface area (Å²) in [5.41, 5.74) is 0. The van der Waals surface area contributed by atoms with Gasteiger partial charge >= 0.3 is 0 Å². The second-order valence-corrected chi connectivity index (χ2v) is 4.20. The van der Waals surface area contributed by atoms with E-state index in [1.165, 1.54) is 0 Å². The maximum absolute atomic E-state index is 5.67. The molecule has 3 nitrogen and oxygen atoms in total. The fourth-order valence-corrected chi connectivity index (χ4v) is 1.25. The average Bonchev–Trinajstić information content (AvgIpc) is 2.16. The normalized spacial score (nSPS) is 13.0. The number of anilines is 1. The predicted molar refractivity (Wildman–Crippen MR) is 59.7 cm³/mol. The van der Waals surface area contributed by atoms with Gasteiger partial charge in [-0.3, -0.25) is 0 Å². The summed E-state index contributed by atoms with van der Waals surface area (Å²) in [5, 5.41) is 8.27. The van der Waals surface area contributed by atoms with Crippen molar-refractivity contribution in [2.75, 3.05) is 11.9 Å². The van der Waals surface area contributed by atoms with Crippen LogP contribution in [0.4, 0.5) is 5.82 Å². The number of hydrogen-bond donors (Lipinski definition) is 0. The predicted octanol–water partition coefficient (Wildman–Crippen LogP) is 2.61. The molecule has 0 bridgehead atoms. The van der Waals surface area contributed by atoms with Crippen molar-refractivity contribution < 1.29 is 0 Å². The van der Waals surface area contributed by atoms with E-state index in [-0.39, 0.29) is 0 Å². The van der Waals surface area contributed by atoms with Gasteiger partial charge in [0.15, 0.2) is 11.0 Å². The molecule has 0 N–H and O–H groups in total. The van der Waals surface area contributed by atoms with Gasteiger partial charge in [0.25, 0.3) is 0 Å². The molecule has 14 heavy (non-hydrogen) atoms. The van der Waals surface area contributed by atoms with E-state index in [1.807, 2.05) is 13.1 Å². The molecule has 1 heterocycles. The lowest BCUT2D eigenvalue weighted by atomic mass is 10.1. The van der Waals surface area contributed by atoms with Crippen molar-refractivity contribution in [2.45, 2.75) is 26.8 Å². The van der Waals surface area contributed by atoms with Crippen molar-refractivity contribution >= 4 is 17.4 Å². The van der Waals surface area contributed by atoms with Crippen molar-refractivity contribution in [3.63, 3.8) is 0 Å². The van der Waals surface area contributed by atoms with Gasteiger partial charge in [-0.1, -0.05) is 25.4 Å². The molecule has 1 unspecified atom stereocenters. The Labute approximate surface area is 90.1 Å². The Hall–Kier alpha value is -0.830. The first-order valence-corrected chi connectivity index (χ1v) is 5.12. The molecule has 0 spiro atoms. The van der Waals surface area contributed by atoms with E-state index in [4.69, 9.17) is 11.6 Å². The molecular weight excluding hydrogens is 198 g/mol. The molecular formula is C10H16ClN3. The number of nitrogens with zero attached hydrogens (tertiary/aromatic N) is 3. The Bertz CT molecular complexity index is 284. The topological polar surface area (TPSA) is 29.0 Å². The van der Waals surface area contributed by atoms with Gasteiger partial charge in [0, 0.05) is 13.1 Å². The highest BCUT2D eigenvalue weighted by Crippen LogP contribution is 2.16. The average molecular weight is 214 g/mol. The smallest absolute Gasteiger partial charge is 0.151 e. The Kier molecular flexibility index (Phi) is 3.69.